The Morgan fingerprint density at radius 1 is 1.31 bits per heavy atom. The molecule has 1 aromatic carbocycles. The molecule has 1 atom stereocenters. The van der Waals surface area contributed by atoms with Gasteiger partial charge in [0.1, 0.15) is 0 Å². The molecule has 0 radical (unpaired) electrons. The van der Waals surface area contributed by atoms with Crippen LogP contribution in [0, 0.1) is 6.92 Å². The Kier molecular flexibility index (Phi) is 4.81. The zero-order valence-corrected chi connectivity index (χ0v) is 11.2. The summed E-state index contributed by atoms with van der Waals surface area (Å²) in [5.74, 6) is 0. The average molecular weight is 274 g/mol. The minimum absolute atomic E-state index is 0. The normalized spacial score (nSPS) is 11.9. The van der Waals surface area contributed by atoms with Gasteiger partial charge >= 0.3 is 0 Å². The molecule has 0 spiro atoms. The average Bonchev–Trinajstić information content (AvgIpc) is 2.74. The number of hydrogen-bond acceptors (Lipinski definition) is 2. The lowest BCUT2D eigenvalue weighted by atomic mass is 10.0. The molecule has 0 aliphatic heterocycles. The summed E-state index contributed by atoms with van der Waals surface area (Å²) in [6, 6.07) is 9.97. The second-order valence-electron chi connectivity index (χ2n) is 3.50. The van der Waals surface area contributed by atoms with Crippen LogP contribution >= 0.6 is 35.3 Å². The molecule has 16 heavy (non-hydrogen) atoms. The molecule has 0 bridgehead atoms. The largest absolute Gasteiger partial charge is 0.320 e. The van der Waals surface area contributed by atoms with Crippen molar-refractivity contribution in [2.24, 2.45) is 5.73 Å². The zero-order chi connectivity index (χ0) is 10.8. The summed E-state index contributed by atoms with van der Waals surface area (Å²) in [5, 5.41) is 2.81. The quantitative estimate of drug-likeness (QED) is 0.873. The number of halogens is 2. The summed E-state index contributed by atoms with van der Waals surface area (Å²) in [7, 11) is 0. The molecule has 0 aliphatic carbocycles. The molecule has 2 rings (SSSR count). The number of aryl methyl sites for hydroxylation is 1. The first-order valence-electron chi connectivity index (χ1n) is 4.73. The van der Waals surface area contributed by atoms with Crippen LogP contribution in [0.4, 0.5) is 0 Å². The van der Waals surface area contributed by atoms with Crippen molar-refractivity contribution in [2.75, 3.05) is 0 Å². The molecule has 1 heterocycles. The van der Waals surface area contributed by atoms with Crippen LogP contribution in [0.15, 0.2) is 35.7 Å². The first-order chi connectivity index (χ1) is 7.18. The predicted molar refractivity (Wildman–Crippen MR) is 73.8 cm³/mol. The van der Waals surface area contributed by atoms with Crippen molar-refractivity contribution >= 4 is 35.3 Å². The summed E-state index contributed by atoms with van der Waals surface area (Å²) in [6.07, 6.45) is 0. The molecule has 0 unspecified atom stereocenters. The first kappa shape index (κ1) is 13.5. The maximum atomic E-state index is 6.13. The van der Waals surface area contributed by atoms with Crippen LogP contribution in [0.3, 0.4) is 0 Å². The van der Waals surface area contributed by atoms with Crippen molar-refractivity contribution in [3.05, 3.63) is 56.7 Å². The van der Waals surface area contributed by atoms with E-state index in [1.807, 2.05) is 42.6 Å². The molecule has 2 N–H and O–H groups in total. The fourth-order valence-corrected chi connectivity index (χ4v) is 2.38. The number of rotatable bonds is 2. The van der Waals surface area contributed by atoms with Gasteiger partial charge in [-0.1, -0.05) is 29.8 Å². The second-order valence-corrected chi connectivity index (χ2v) is 4.89. The van der Waals surface area contributed by atoms with Gasteiger partial charge in [0.2, 0.25) is 0 Å². The second kappa shape index (κ2) is 5.69. The highest BCUT2D eigenvalue weighted by molar-refractivity contribution is 7.10. The van der Waals surface area contributed by atoms with Crippen molar-refractivity contribution in [3.63, 3.8) is 0 Å². The molecule has 2 aromatic rings. The Balaban J connectivity index is 0.00000128. The van der Waals surface area contributed by atoms with Gasteiger partial charge in [-0.05, 0) is 35.6 Å². The monoisotopic (exact) mass is 273 g/mol. The van der Waals surface area contributed by atoms with Crippen LogP contribution in [-0.2, 0) is 0 Å². The van der Waals surface area contributed by atoms with Gasteiger partial charge in [0.05, 0.1) is 6.04 Å². The Morgan fingerprint density at radius 2 is 2.06 bits per heavy atom. The zero-order valence-electron chi connectivity index (χ0n) is 8.81. The lowest BCUT2D eigenvalue weighted by Crippen LogP contribution is -2.10. The lowest BCUT2D eigenvalue weighted by molar-refractivity contribution is 0.893. The Bertz CT molecular complexity index is 454. The van der Waals surface area contributed by atoms with Crippen LogP contribution < -0.4 is 5.73 Å². The van der Waals surface area contributed by atoms with Gasteiger partial charge < -0.3 is 5.73 Å². The molecule has 0 saturated carbocycles. The fraction of sp³-hybridized carbons (Fsp3) is 0.167. The number of thiophene rings is 1. The number of nitrogens with two attached hydrogens (primary N) is 1. The van der Waals surface area contributed by atoms with E-state index in [2.05, 4.69) is 0 Å². The molecule has 86 valence electrons. The van der Waals surface area contributed by atoms with E-state index < -0.39 is 0 Å². The first-order valence-corrected chi connectivity index (χ1v) is 5.99. The third-order valence-corrected chi connectivity index (χ3v) is 3.77. The van der Waals surface area contributed by atoms with E-state index >= 15 is 0 Å². The van der Waals surface area contributed by atoms with Gasteiger partial charge in [-0.2, -0.15) is 0 Å². The standard InChI is InChI=1S/C12H12ClNS.ClH/c1-8-4-5-9(7-10(8)13)12(14)11-3-2-6-15-11;/h2-7,12H,14H2,1H3;1H/t12-;/m0./s1. The Labute approximate surface area is 111 Å². The van der Waals surface area contributed by atoms with Gasteiger partial charge in [0.25, 0.3) is 0 Å². The minimum atomic E-state index is -0.0666. The van der Waals surface area contributed by atoms with Crippen LogP contribution in [0.2, 0.25) is 5.02 Å². The van der Waals surface area contributed by atoms with Crippen molar-refractivity contribution in [1.29, 1.82) is 0 Å². The fourth-order valence-electron chi connectivity index (χ4n) is 1.44. The predicted octanol–water partition coefficient (Wildman–Crippen LogP) is 4.18. The topological polar surface area (TPSA) is 26.0 Å². The molecule has 0 fully saturated rings. The summed E-state index contributed by atoms with van der Waals surface area (Å²) < 4.78 is 0. The van der Waals surface area contributed by atoms with E-state index in [9.17, 15) is 0 Å². The third-order valence-electron chi connectivity index (χ3n) is 2.40. The summed E-state index contributed by atoms with van der Waals surface area (Å²) in [5.41, 5.74) is 8.28. The van der Waals surface area contributed by atoms with Crippen LogP contribution in [0.5, 0.6) is 0 Å². The van der Waals surface area contributed by atoms with Crippen LogP contribution in [-0.4, -0.2) is 0 Å². The SMILES string of the molecule is Cc1ccc([C@H](N)c2cccs2)cc1Cl.Cl. The van der Waals surface area contributed by atoms with Crippen LogP contribution in [0.25, 0.3) is 0 Å². The maximum Gasteiger partial charge on any atom is 0.0646 e. The van der Waals surface area contributed by atoms with Gasteiger partial charge in [-0.25, -0.2) is 0 Å². The summed E-state index contributed by atoms with van der Waals surface area (Å²) in [6.45, 7) is 1.99. The van der Waals surface area contributed by atoms with Gasteiger partial charge in [-0.3, -0.25) is 0 Å². The van der Waals surface area contributed by atoms with E-state index in [0.717, 1.165) is 21.0 Å². The van der Waals surface area contributed by atoms with Gasteiger partial charge in [0, 0.05) is 9.90 Å². The van der Waals surface area contributed by atoms with Crippen molar-refractivity contribution in [1.82, 2.24) is 0 Å². The molecule has 4 heteroatoms. The van der Waals surface area contributed by atoms with E-state index in [1.165, 1.54) is 0 Å². The number of hydrogen-bond donors (Lipinski definition) is 1. The molecule has 0 amide bonds. The highest BCUT2D eigenvalue weighted by atomic mass is 35.5. The van der Waals surface area contributed by atoms with Crippen molar-refractivity contribution in [3.8, 4) is 0 Å². The highest BCUT2D eigenvalue weighted by Crippen LogP contribution is 2.26. The molecule has 1 aromatic heterocycles. The Hall–Kier alpha value is -0.540. The number of benzene rings is 1. The molecule has 1 nitrogen and oxygen atoms in total. The minimum Gasteiger partial charge on any atom is -0.320 e. The van der Waals surface area contributed by atoms with E-state index in [0.29, 0.717) is 0 Å². The summed E-state index contributed by atoms with van der Waals surface area (Å²) >= 11 is 7.73. The third kappa shape index (κ3) is 2.77. The van der Waals surface area contributed by atoms with Gasteiger partial charge in [-0.15, -0.1) is 23.7 Å². The van der Waals surface area contributed by atoms with E-state index in [1.54, 1.807) is 11.3 Å². The lowest BCUT2D eigenvalue weighted by Gasteiger charge is -2.11. The molecular weight excluding hydrogens is 261 g/mol. The molecular formula is C12H13Cl2NS. The Morgan fingerprint density at radius 3 is 2.62 bits per heavy atom. The smallest absolute Gasteiger partial charge is 0.0646 e. The van der Waals surface area contributed by atoms with E-state index in [-0.39, 0.29) is 18.4 Å². The molecule has 0 aliphatic rings. The summed E-state index contributed by atoms with van der Waals surface area (Å²) in [4.78, 5) is 1.16. The molecule has 0 saturated heterocycles. The van der Waals surface area contributed by atoms with Gasteiger partial charge in [0.15, 0.2) is 0 Å². The maximum absolute atomic E-state index is 6.13. The van der Waals surface area contributed by atoms with Crippen molar-refractivity contribution < 1.29 is 0 Å². The van der Waals surface area contributed by atoms with Crippen LogP contribution in [0.1, 0.15) is 22.0 Å². The van der Waals surface area contributed by atoms with E-state index in [4.69, 9.17) is 17.3 Å². The van der Waals surface area contributed by atoms with Crippen molar-refractivity contribution in [2.45, 2.75) is 13.0 Å². The highest BCUT2D eigenvalue weighted by Gasteiger charge is 2.10.